The number of carbonyl (C=O) groups is 6. The van der Waals surface area contributed by atoms with Crippen LogP contribution in [0.15, 0.2) is 0 Å². The molecule has 0 aliphatic carbocycles. The molecule has 1 unspecified atom stereocenters. The quantitative estimate of drug-likeness (QED) is 0.333. The molecule has 0 bridgehead atoms. The van der Waals surface area contributed by atoms with Crippen LogP contribution in [0.1, 0.15) is 20.3 Å². The molecule has 0 amide bonds. The fraction of sp³-hybridized carbons (Fsp3) is 0.455. The fourth-order valence-electron chi connectivity index (χ4n) is 0.806. The Morgan fingerprint density at radius 2 is 1.27 bits per heavy atom. The molecule has 11 heteroatoms. The van der Waals surface area contributed by atoms with E-state index in [0.717, 1.165) is 13.8 Å². The van der Waals surface area contributed by atoms with Crippen molar-refractivity contribution >= 4 is 35.4 Å². The number of aliphatic hydroxyl groups is 1. The van der Waals surface area contributed by atoms with Crippen LogP contribution >= 0.6 is 0 Å². The van der Waals surface area contributed by atoms with Crippen LogP contribution in [-0.4, -0.2) is 47.2 Å². The van der Waals surface area contributed by atoms with Gasteiger partial charge >= 0.3 is 23.9 Å². The molecule has 0 spiro atoms. The van der Waals surface area contributed by atoms with Gasteiger partial charge in [-0.25, -0.2) is 38.7 Å². The molecule has 22 heavy (non-hydrogen) atoms. The van der Waals surface area contributed by atoms with Gasteiger partial charge in [0.1, 0.15) is 0 Å². The molecular weight excluding hydrogens is 308 g/mol. The summed E-state index contributed by atoms with van der Waals surface area (Å²) in [6, 6.07) is 0. The van der Waals surface area contributed by atoms with Crippen LogP contribution in [0.25, 0.3) is 0 Å². The van der Waals surface area contributed by atoms with Crippen molar-refractivity contribution in [2.24, 2.45) is 5.92 Å². The maximum Gasteiger partial charge on any atom is 0.421 e. The minimum atomic E-state index is -1.51. The molecule has 0 saturated heterocycles. The predicted molar refractivity (Wildman–Crippen MR) is 60.9 cm³/mol. The van der Waals surface area contributed by atoms with E-state index >= 15 is 0 Å². The van der Waals surface area contributed by atoms with Gasteiger partial charge in [-0.3, -0.25) is 9.59 Å². The zero-order valence-corrected chi connectivity index (χ0v) is 11.5. The van der Waals surface area contributed by atoms with Crippen molar-refractivity contribution in [2.75, 3.05) is 6.61 Å². The fourth-order valence-corrected chi connectivity index (χ4v) is 0.806. The molecule has 1 atom stereocenters. The lowest BCUT2D eigenvalue weighted by Gasteiger charge is -2.10. The molecule has 0 saturated carbocycles. The second-order valence-corrected chi connectivity index (χ2v) is 3.80. The van der Waals surface area contributed by atoms with Crippen molar-refractivity contribution < 1.29 is 53.4 Å². The molecule has 0 fully saturated rings. The van der Waals surface area contributed by atoms with Gasteiger partial charge in [0.2, 0.25) is 11.6 Å². The summed E-state index contributed by atoms with van der Waals surface area (Å²) in [6.45, 7) is 0.833. The van der Waals surface area contributed by atoms with Gasteiger partial charge < -0.3 is 5.11 Å². The van der Waals surface area contributed by atoms with Crippen LogP contribution in [0, 0.1) is 5.92 Å². The van der Waals surface area contributed by atoms with Crippen molar-refractivity contribution in [3.63, 3.8) is 0 Å². The Hall–Kier alpha value is -2.82. The predicted octanol–water partition coefficient (Wildman–Crippen LogP) is -1.83. The van der Waals surface area contributed by atoms with Crippen molar-refractivity contribution in [2.45, 2.75) is 20.3 Å². The molecule has 122 valence electrons. The minimum Gasteiger partial charge on any atom is -0.395 e. The zero-order chi connectivity index (χ0) is 17.3. The third-order valence-corrected chi connectivity index (χ3v) is 1.95. The molecule has 0 aromatic rings. The number of hydrogen-bond donors (Lipinski definition) is 1. The molecule has 0 aliphatic rings. The second-order valence-electron chi connectivity index (χ2n) is 3.80. The third kappa shape index (κ3) is 7.09. The van der Waals surface area contributed by atoms with E-state index in [2.05, 4.69) is 19.6 Å². The van der Waals surface area contributed by atoms with Gasteiger partial charge in [-0.2, -0.15) is 0 Å². The first-order valence-corrected chi connectivity index (χ1v) is 5.65. The SMILES string of the molecule is CC(=O)C(=O)OOC(=O)CC(CO)C(=O)OOC(=O)C(C)=O. The van der Waals surface area contributed by atoms with E-state index in [1.54, 1.807) is 0 Å². The number of aliphatic hydroxyl groups excluding tert-OH is 1. The molecule has 1 N–H and O–H groups in total. The average molecular weight is 320 g/mol. The Morgan fingerprint density at radius 3 is 1.68 bits per heavy atom. The largest absolute Gasteiger partial charge is 0.421 e. The van der Waals surface area contributed by atoms with Gasteiger partial charge in [0, 0.05) is 13.8 Å². The van der Waals surface area contributed by atoms with E-state index in [1.165, 1.54) is 0 Å². The first kappa shape index (κ1) is 19.2. The Morgan fingerprint density at radius 1 is 0.818 bits per heavy atom. The molecule has 0 aromatic carbocycles. The van der Waals surface area contributed by atoms with Crippen molar-refractivity contribution in [3.05, 3.63) is 0 Å². The van der Waals surface area contributed by atoms with E-state index in [4.69, 9.17) is 5.11 Å². The number of ketones is 2. The standard InChI is InChI=1S/C11H12O11/c1-5(13)9(16)20-19-8(15)3-7(4-12)11(18)22-21-10(17)6(2)14/h7,12H,3-4H2,1-2H3. The summed E-state index contributed by atoms with van der Waals surface area (Å²) in [5, 5.41) is 8.91. The lowest BCUT2D eigenvalue weighted by molar-refractivity contribution is -0.264. The van der Waals surface area contributed by atoms with Crippen LogP contribution < -0.4 is 0 Å². The van der Waals surface area contributed by atoms with Gasteiger partial charge in [-0.05, 0) is 0 Å². The molecule has 11 nitrogen and oxygen atoms in total. The molecule has 0 heterocycles. The number of hydrogen-bond acceptors (Lipinski definition) is 11. The van der Waals surface area contributed by atoms with Gasteiger partial charge in [0.15, 0.2) is 0 Å². The Kier molecular flexibility index (Phi) is 8.00. The lowest BCUT2D eigenvalue weighted by atomic mass is 10.1. The van der Waals surface area contributed by atoms with Crippen LogP contribution in [0.2, 0.25) is 0 Å². The highest BCUT2D eigenvalue weighted by molar-refractivity contribution is 6.32. The summed E-state index contributed by atoms with van der Waals surface area (Å²) in [5.74, 6) is -9.08. The third-order valence-electron chi connectivity index (χ3n) is 1.95. The molecule has 0 aliphatic heterocycles. The van der Waals surface area contributed by atoms with E-state index in [9.17, 15) is 28.8 Å². The van der Waals surface area contributed by atoms with Crippen molar-refractivity contribution in [3.8, 4) is 0 Å². The highest BCUT2D eigenvalue weighted by Gasteiger charge is 2.27. The second kappa shape index (κ2) is 9.18. The highest BCUT2D eigenvalue weighted by atomic mass is 17.2. The van der Waals surface area contributed by atoms with Crippen molar-refractivity contribution in [1.29, 1.82) is 0 Å². The van der Waals surface area contributed by atoms with E-state index in [-0.39, 0.29) is 0 Å². The van der Waals surface area contributed by atoms with Gasteiger partial charge in [0.25, 0.3) is 0 Å². The molecule has 0 radical (unpaired) electrons. The van der Waals surface area contributed by atoms with Gasteiger partial charge in [-0.15, -0.1) is 0 Å². The number of carbonyl (C=O) groups excluding carboxylic acids is 6. The lowest BCUT2D eigenvalue weighted by Crippen LogP contribution is -2.28. The normalized spacial score (nSPS) is 10.9. The first-order chi connectivity index (χ1) is 10.2. The summed E-state index contributed by atoms with van der Waals surface area (Å²) < 4.78 is 0. The van der Waals surface area contributed by atoms with Crippen molar-refractivity contribution in [1.82, 2.24) is 0 Å². The van der Waals surface area contributed by atoms with E-state index in [1.807, 2.05) is 0 Å². The summed E-state index contributed by atoms with van der Waals surface area (Å²) in [5.41, 5.74) is 0. The molecule has 0 aromatic heterocycles. The molecular formula is C11H12O11. The Labute approximate surface area is 122 Å². The Balaban J connectivity index is 4.34. The zero-order valence-electron chi connectivity index (χ0n) is 11.5. The highest BCUT2D eigenvalue weighted by Crippen LogP contribution is 2.07. The number of Topliss-reactive ketones (excluding diaryl/α,β-unsaturated/α-hetero) is 2. The van der Waals surface area contributed by atoms with Crippen LogP contribution in [0.3, 0.4) is 0 Å². The summed E-state index contributed by atoms with van der Waals surface area (Å²) in [4.78, 5) is 80.5. The van der Waals surface area contributed by atoms with Gasteiger partial charge in [-0.1, -0.05) is 0 Å². The monoisotopic (exact) mass is 320 g/mol. The van der Waals surface area contributed by atoms with Gasteiger partial charge in [0.05, 0.1) is 18.9 Å². The maximum atomic E-state index is 11.3. The smallest absolute Gasteiger partial charge is 0.395 e. The Bertz CT molecular complexity index is 492. The van der Waals surface area contributed by atoms with Crippen LogP contribution in [0.5, 0.6) is 0 Å². The summed E-state index contributed by atoms with van der Waals surface area (Å²) in [6.07, 6.45) is -0.807. The summed E-state index contributed by atoms with van der Waals surface area (Å²) in [7, 11) is 0. The minimum absolute atomic E-state index is 0.807. The van der Waals surface area contributed by atoms with Crippen LogP contribution in [-0.2, 0) is 48.3 Å². The van der Waals surface area contributed by atoms with Crippen LogP contribution in [0.4, 0.5) is 0 Å². The number of rotatable bonds is 6. The molecule has 0 rings (SSSR count). The topological polar surface area (TPSA) is 160 Å². The maximum absolute atomic E-state index is 11.3. The average Bonchev–Trinajstić information content (AvgIpc) is 2.46. The first-order valence-electron chi connectivity index (χ1n) is 5.65. The summed E-state index contributed by atoms with van der Waals surface area (Å²) >= 11 is 0. The van der Waals surface area contributed by atoms with E-state index in [0.29, 0.717) is 0 Å². The van der Waals surface area contributed by atoms with E-state index < -0.39 is 54.4 Å².